The van der Waals surface area contributed by atoms with Gasteiger partial charge in [-0.1, -0.05) is 36.4 Å². The first-order chi connectivity index (χ1) is 14.3. The highest BCUT2D eigenvalue weighted by atomic mass is 19.4. The number of amides is 1. The molecule has 0 bridgehead atoms. The second-order valence-corrected chi connectivity index (χ2v) is 6.57. The molecule has 0 aliphatic rings. The summed E-state index contributed by atoms with van der Waals surface area (Å²) >= 11 is 0. The Morgan fingerprint density at radius 2 is 1.73 bits per heavy atom. The highest BCUT2D eigenvalue weighted by Crippen LogP contribution is 2.29. The van der Waals surface area contributed by atoms with Gasteiger partial charge in [-0.25, -0.2) is 9.97 Å². The van der Waals surface area contributed by atoms with E-state index in [4.69, 9.17) is 5.73 Å². The molecule has 3 aromatic rings. The maximum atomic E-state index is 12.8. The SMILES string of the molecule is CNC(=O)c1nc(-c2cccc(CNCc3cccc(C(F)(F)F)c3)c2)cnc1N. The molecule has 0 saturated heterocycles. The minimum atomic E-state index is -4.36. The molecule has 4 N–H and O–H groups in total. The average molecular weight is 415 g/mol. The van der Waals surface area contributed by atoms with Gasteiger partial charge in [0.25, 0.3) is 5.91 Å². The van der Waals surface area contributed by atoms with Crippen molar-refractivity contribution in [1.29, 1.82) is 0 Å². The van der Waals surface area contributed by atoms with Crippen molar-refractivity contribution in [3.05, 3.63) is 77.1 Å². The quantitative estimate of drug-likeness (QED) is 0.574. The number of rotatable bonds is 6. The first kappa shape index (κ1) is 21.3. The van der Waals surface area contributed by atoms with Crippen LogP contribution in [0.15, 0.2) is 54.7 Å². The van der Waals surface area contributed by atoms with Crippen molar-refractivity contribution in [2.24, 2.45) is 0 Å². The lowest BCUT2D eigenvalue weighted by molar-refractivity contribution is -0.137. The molecule has 0 aliphatic heterocycles. The molecule has 30 heavy (non-hydrogen) atoms. The summed E-state index contributed by atoms with van der Waals surface area (Å²) in [5, 5.41) is 5.60. The van der Waals surface area contributed by atoms with Gasteiger partial charge < -0.3 is 16.4 Å². The number of nitrogens with zero attached hydrogens (tertiary/aromatic N) is 2. The van der Waals surface area contributed by atoms with Crippen LogP contribution >= 0.6 is 0 Å². The van der Waals surface area contributed by atoms with Crippen LogP contribution in [0.4, 0.5) is 19.0 Å². The fraction of sp³-hybridized carbons (Fsp3) is 0.190. The van der Waals surface area contributed by atoms with Crippen LogP contribution in [0.25, 0.3) is 11.3 Å². The van der Waals surface area contributed by atoms with Crippen LogP contribution in [-0.4, -0.2) is 22.9 Å². The number of nitrogens with one attached hydrogen (secondary N) is 2. The van der Waals surface area contributed by atoms with E-state index in [1.807, 2.05) is 24.3 Å². The lowest BCUT2D eigenvalue weighted by Crippen LogP contribution is -2.21. The summed E-state index contributed by atoms with van der Waals surface area (Å²) in [6, 6.07) is 12.6. The van der Waals surface area contributed by atoms with Crippen LogP contribution in [-0.2, 0) is 19.3 Å². The predicted molar refractivity (Wildman–Crippen MR) is 107 cm³/mol. The zero-order valence-corrected chi connectivity index (χ0v) is 16.1. The Morgan fingerprint density at radius 3 is 2.40 bits per heavy atom. The molecule has 156 valence electrons. The van der Waals surface area contributed by atoms with Gasteiger partial charge in [-0.2, -0.15) is 13.2 Å². The number of alkyl halides is 3. The summed E-state index contributed by atoms with van der Waals surface area (Å²) in [5.74, 6) is -0.391. The average Bonchev–Trinajstić information content (AvgIpc) is 2.73. The van der Waals surface area contributed by atoms with Crippen molar-refractivity contribution in [3.8, 4) is 11.3 Å². The lowest BCUT2D eigenvalue weighted by Gasteiger charge is -2.10. The summed E-state index contributed by atoms with van der Waals surface area (Å²) in [5.41, 5.74) is 7.77. The van der Waals surface area contributed by atoms with Crippen LogP contribution in [0.3, 0.4) is 0 Å². The first-order valence-electron chi connectivity index (χ1n) is 9.08. The van der Waals surface area contributed by atoms with Crippen LogP contribution in [0.1, 0.15) is 27.2 Å². The molecule has 1 amide bonds. The highest BCUT2D eigenvalue weighted by molar-refractivity contribution is 5.96. The van der Waals surface area contributed by atoms with Gasteiger partial charge in [-0.3, -0.25) is 4.79 Å². The molecule has 0 saturated carbocycles. The number of carbonyl (C=O) groups is 1. The van der Waals surface area contributed by atoms with Gasteiger partial charge >= 0.3 is 6.18 Å². The van der Waals surface area contributed by atoms with Gasteiger partial charge in [0.1, 0.15) is 0 Å². The normalized spacial score (nSPS) is 11.3. The summed E-state index contributed by atoms with van der Waals surface area (Å²) in [6.07, 6.45) is -2.88. The number of halogens is 3. The van der Waals surface area contributed by atoms with Crippen molar-refractivity contribution < 1.29 is 18.0 Å². The number of carbonyl (C=O) groups excluding carboxylic acids is 1. The second kappa shape index (κ2) is 8.91. The van der Waals surface area contributed by atoms with Gasteiger partial charge in [-0.05, 0) is 23.3 Å². The lowest BCUT2D eigenvalue weighted by atomic mass is 10.1. The Kier molecular flexibility index (Phi) is 6.31. The third-order valence-corrected chi connectivity index (χ3v) is 4.38. The van der Waals surface area contributed by atoms with Gasteiger partial charge in [0.15, 0.2) is 11.5 Å². The third kappa shape index (κ3) is 5.12. The highest BCUT2D eigenvalue weighted by Gasteiger charge is 2.30. The van der Waals surface area contributed by atoms with Crippen molar-refractivity contribution in [1.82, 2.24) is 20.6 Å². The molecule has 2 aromatic carbocycles. The molecule has 3 rings (SSSR count). The monoisotopic (exact) mass is 415 g/mol. The third-order valence-electron chi connectivity index (χ3n) is 4.38. The Morgan fingerprint density at radius 1 is 1.07 bits per heavy atom. The van der Waals surface area contributed by atoms with E-state index in [1.165, 1.54) is 19.3 Å². The Balaban J connectivity index is 1.70. The van der Waals surface area contributed by atoms with Crippen molar-refractivity contribution in [2.75, 3.05) is 12.8 Å². The molecule has 0 spiro atoms. The Hall–Kier alpha value is -3.46. The van der Waals surface area contributed by atoms with Crippen molar-refractivity contribution in [2.45, 2.75) is 19.3 Å². The molecular formula is C21H20F3N5O. The predicted octanol–water partition coefficient (Wildman–Crippen LogP) is 3.39. The van der Waals surface area contributed by atoms with Gasteiger partial charge in [0, 0.05) is 25.7 Å². The molecule has 0 atom stereocenters. The van der Waals surface area contributed by atoms with Gasteiger partial charge in [0.2, 0.25) is 0 Å². The largest absolute Gasteiger partial charge is 0.416 e. The topological polar surface area (TPSA) is 92.9 Å². The molecule has 1 heterocycles. The van der Waals surface area contributed by atoms with E-state index in [0.29, 0.717) is 17.8 Å². The van der Waals surface area contributed by atoms with E-state index in [2.05, 4.69) is 20.6 Å². The molecular weight excluding hydrogens is 395 g/mol. The van der Waals surface area contributed by atoms with Crippen LogP contribution in [0.5, 0.6) is 0 Å². The summed E-state index contributed by atoms with van der Waals surface area (Å²) in [7, 11) is 1.48. The standard InChI is InChI=1S/C21H20F3N5O/c1-26-20(30)18-19(25)28-12-17(29-18)15-6-2-4-13(8-15)10-27-11-14-5-3-7-16(9-14)21(22,23)24/h2-9,12,27H,10-11H2,1H3,(H2,25,28)(H,26,30). The minimum Gasteiger partial charge on any atom is -0.382 e. The molecule has 9 heteroatoms. The Bertz CT molecular complexity index is 1050. The summed E-state index contributed by atoms with van der Waals surface area (Å²) in [6.45, 7) is 0.728. The van der Waals surface area contributed by atoms with Gasteiger partial charge in [0.05, 0.1) is 17.5 Å². The van der Waals surface area contributed by atoms with Crippen molar-refractivity contribution in [3.63, 3.8) is 0 Å². The number of benzene rings is 2. The van der Waals surface area contributed by atoms with E-state index in [1.54, 1.807) is 6.07 Å². The molecule has 0 radical (unpaired) electrons. The molecule has 0 fully saturated rings. The number of hydrogen-bond acceptors (Lipinski definition) is 5. The number of aromatic nitrogens is 2. The molecule has 6 nitrogen and oxygen atoms in total. The van der Waals surface area contributed by atoms with Crippen molar-refractivity contribution >= 4 is 11.7 Å². The Labute approximate surface area is 171 Å². The maximum Gasteiger partial charge on any atom is 0.416 e. The zero-order chi connectivity index (χ0) is 21.7. The van der Waals surface area contributed by atoms with Crippen LogP contribution < -0.4 is 16.4 Å². The van der Waals surface area contributed by atoms with Gasteiger partial charge in [-0.15, -0.1) is 0 Å². The molecule has 0 aliphatic carbocycles. The maximum absolute atomic E-state index is 12.8. The fourth-order valence-corrected chi connectivity index (χ4v) is 2.87. The van der Waals surface area contributed by atoms with E-state index >= 15 is 0 Å². The van der Waals surface area contributed by atoms with E-state index in [-0.39, 0.29) is 18.1 Å². The van der Waals surface area contributed by atoms with E-state index in [9.17, 15) is 18.0 Å². The number of nitrogen functional groups attached to an aromatic ring is 1. The van der Waals surface area contributed by atoms with Crippen LogP contribution in [0, 0.1) is 0 Å². The number of nitrogens with two attached hydrogens (primary N) is 1. The summed E-state index contributed by atoms with van der Waals surface area (Å²) in [4.78, 5) is 20.2. The minimum absolute atomic E-state index is 0.0389. The molecule has 0 unspecified atom stereocenters. The second-order valence-electron chi connectivity index (χ2n) is 6.57. The van der Waals surface area contributed by atoms with E-state index < -0.39 is 17.6 Å². The number of anilines is 1. The smallest absolute Gasteiger partial charge is 0.382 e. The summed E-state index contributed by atoms with van der Waals surface area (Å²) < 4.78 is 38.5. The first-order valence-corrected chi connectivity index (χ1v) is 9.08. The van der Waals surface area contributed by atoms with E-state index in [0.717, 1.165) is 23.3 Å². The van der Waals surface area contributed by atoms with Crippen LogP contribution in [0.2, 0.25) is 0 Å². The number of hydrogen-bond donors (Lipinski definition) is 3. The fourth-order valence-electron chi connectivity index (χ4n) is 2.87. The zero-order valence-electron chi connectivity index (χ0n) is 16.1. The molecule has 1 aromatic heterocycles.